The molecule has 5 nitrogen and oxygen atoms in total. The number of anilines is 1. The van der Waals surface area contributed by atoms with E-state index in [9.17, 15) is 9.90 Å². The zero-order valence-electron chi connectivity index (χ0n) is 16.5. The van der Waals surface area contributed by atoms with Gasteiger partial charge in [-0.1, -0.05) is 12.1 Å². The highest BCUT2D eigenvalue weighted by molar-refractivity contribution is 7.98. The molecule has 0 radical (unpaired) electrons. The number of ether oxygens (including phenoxy) is 1. The zero-order valence-corrected chi connectivity index (χ0v) is 17.3. The van der Waals surface area contributed by atoms with E-state index in [0.717, 1.165) is 34.7 Å². The predicted octanol–water partition coefficient (Wildman–Crippen LogP) is 4.27. The van der Waals surface area contributed by atoms with Gasteiger partial charge in [-0.15, -0.1) is 11.8 Å². The molecule has 0 spiro atoms. The number of thioether (sulfide) groups is 1. The Balaban J connectivity index is 1.68. The lowest BCUT2D eigenvalue weighted by atomic mass is 9.76. The molecule has 2 N–H and O–H groups in total. The summed E-state index contributed by atoms with van der Waals surface area (Å²) in [5.41, 5.74) is 1.57. The van der Waals surface area contributed by atoms with Crippen LogP contribution in [0.25, 0.3) is 0 Å². The van der Waals surface area contributed by atoms with E-state index >= 15 is 0 Å². The van der Waals surface area contributed by atoms with Crippen molar-refractivity contribution in [3.05, 3.63) is 54.1 Å². The van der Waals surface area contributed by atoms with E-state index < -0.39 is 0 Å². The molecule has 1 fully saturated rings. The minimum absolute atomic E-state index is 0.0520. The lowest BCUT2D eigenvalue weighted by molar-refractivity contribution is 0.0500. The second-order valence-electron chi connectivity index (χ2n) is 7.37. The Morgan fingerprint density at radius 2 is 2.07 bits per heavy atom. The lowest BCUT2D eigenvalue weighted by Crippen LogP contribution is -2.50. The van der Waals surface area contributed by atoms with E-state index in [1.807, 2.05) is 59.7 Å². The Labute approximate surface area is 171 Å². The highest BCUT2D eigenvalue weighted by Crippen LogP contribution is 2.34. The summed E-state index contributed by atoms with van der Waals surface area (Å²) >= 11 is 1.67. The first-order valence-electron chi connectivity index (χ1n) is 9.51. The van der Waals surface area contributed by atoms with Crippen molar-refractivity contribution >= 4 is 23.5 Å². The number of urea groups is 1. The average molecular weight is 401 g/mol. The van der Waals surface area contributed by atoms with Gasteiger partial charge in [-0.25, -0.2) is 4.79 Å². The second-order valence-corrected chi connectivity index (χ2v) is 8.25. The van der Waals surface area contributed by atoms with Crippen molar-refractivity contribution in [1.82, 2.24) is 4.90 Å². The van der Waals surface area contributed by atoms with Crippen molar-refractivity contribution in [1.29, 1.82) is 0 Å². The molecule has 0 aromatic heterocycles. The summed E-state index contributed by atoms with van der Waals surface area (Å²) in [6.07, 6.45) is 4.52. The van der Waals surface area contributed by atoms with Crippen LogP contribution in [0.2, 0.25) is 0 Å². The van der Waals surface area contributed by atoms with Gasteiger partial charge in [0.2, 0.25) is 0 Å². The molecule has 2 aromatic carbocycles. The lowest BCUT2D eigenvalue weighted by Gasteiger charge is -2.42. The second kappa shape index (κ2) is 9.34. The van der Waals surface area contributed by atoms with Crippen LogP contribution in [0.5, 0.6) is 5.75 Å². The van der Waals surface area contributed by atoms with E-state index in [-0.39, 0.29) is 18.1 Å². The van der Waals surface area contributed by atoms with Gasteiger partial charge in [-0.2, -0.15) is 0 Å². The maximum atomic E-state index is 12.8. The molecule has 6 heteroatoms. The summed E-state index contributed by atoms with van der Waals surface area (Å²) in [7, 11) is 1.65. The third-order valence-electron chi connectivity index (χ3n) is 5.34. The van der Waals surface area contributed by atoms with Crippen LogP contribution in [0.1, 0.15) is 18.4 Å². The maximum absolute atomic E-state index is 12.8. The molecule has 2 aromatic rings. The standard InChI is InChI=1S/C22H28N2O3S/c1-27-19-6-3-5-17(13-19)14-22(16-25)11-4-12-24(15-22)21(26)23-18-7-9-20(28-2)10-8-18/h3,5-10,13,25H,4,11-12,14-16H2,1-2H3,(H,23,26). The normalized spacial score (nSPS) is 19.3. The number of hydrogen-bond donors (Lipinski definition) is 2. The summed E-state index contributed by atoms with van der Waals surface area (Å²) in [4.78, 5) is 15.8. The third-order valence-corrected chi connectivity index (χ3v) is 6.08. The number of benzene rings is 2. The molecule has 3 rings (SSSR count). The highest BCUT2D eigenvalue weighted by atomic mass is 32.2. The van der Waals surface area contributed by atoms with E-state index in [1.165, 1.54) is 0 Å². The topological polar surface area (TPSA) is 61.8 Å². The number of carbonyl (C=O) groups excluding carboxylic acids is 1. The summed E-state index contributed by atoms with van der Waals surface area (Å²) in [5, 5.41) is 13.2. The number of rotatable bonds is 6. The van der Waals surface area contributed by atoms with Crippen LogP contribution in [-0.2, 0) is 6.42 Å². The monoisotopic (exact) mass is 400 g/mol. The number of likely N-dealkylation sites (tertiary alicyclic amines) is 1. The van der Waals surface area contributed by atoms with Crippen molar-refractivity contribution in [3.63, 3.8) is 0 Å². The Bertz CT molecular complexity index is 797. The van der Waals surface area contributed by atoms with Gasteiger partial charge in [0.05, 0.1) is 13.7 Å². The van der Waals surface area contributed by atoms with E-state index in [0.29, 0.717) is 19.5 Å². The Morgan fingerprint density at radius 1 is 1.29 bits per heavy atom. The molecule has 1 saturated heterocycles. The Hall–Kier alpha value is -2.18. The minimum Gasteiger partial charge on any atom is -0.497 e. The van der Waals surface area contributed by atoms with Gasteiger partial charge < -0.3 is 20.1 Å². The fourth-order valence-corrected chi connectivity index (χ4v) is 4.21. The summed E-state index contributed by atoms with van der Waals surface area (Å²) in [6, 6.07) is 15.7. The van der Waals surface area contributed by atoms with Crippen LogP contribution >= 0.6 is 11.8 Å². The zero-order chi connectivity index (χ0) is 20.0. The van der Waals surface area contributed by atoms with E-state index in [1.54, 1.807) is 18.9 Å². The number of aliphatic hydroxyl groups is 1. The molecule has 1 unspecified atom stereocenters. The third kappa shape index (κ3) is 5.00. The first-order chi connectivity index (χ1) is 13.6. The van der Waals surface area contributed by atoms with Gasteiger partial charge in [0.25, 0.3) is 0 Å². The molecule has 0 bridgehead atoms. The number of nitrogens with zero attached hydrogens (tertiary/aromatic N) is 1. The van der Waals surface area contributed by atoms with Gasteiger partial charge in [-0.05, 0) is 67.5 Å². The summed E-state index contributed by atoms with van der Waals surface area (Å²) in [5.74, 6) is 0.810. The fraction of sp³-hybridized carbons (Fsp3) is 0.409. The maximum Gasteiger partial charge on any atom is 0.321 e. The van der Waals surface area contributed by atoms with Crippen LogP contribution in [-0.4, -0.2) is 49.1 Å². The van der Waals surface area contributed by atoms with Crippen LogP contribution in [0, 0.1) is 5.41 Å². The van der Waals surface area contributed by atoms with Crippen LogP contribution in [0.3, 0.4) is 0 Å². The number of amides is 2. The van der Waals surface area contributed by atoms with Crippen molar-refractivity contribution < 1.29 is 14.6 Å². The first-order valence-corrected chi connectivity index (χ1v) is 10.7. The van der Waals surface area contributed by atoms with Crippen molar-refractivity contribution in [2.45, 2.75) is 24.2 Å². The molecule has 1 aliphatic rings. The van der Waals surface area contributed by atoms with Crippen LogP contribution < -0.4 is 10.1 Å². The largest absolute Gasteiger partial charge is 0.497 e. The van der Waals surface area contributed by atoms with Crippen molar-refractivity contribution in [3.8, 4) is 5.75 Å². The van der Waals surface area contributed by atoms with Gasteiger partial charge in [0.15, 0.2) is 0 Å². The number of carbonyl (C=O) groups is 1. The van der Waals surface area contributed by atoms with E-state index in [4.69, 9.17) is 4.74 Å². The molecule has 0 saturated carbocycles. The number of methoxy groups -OCH3 is 1. The molecular formula is C22H28N2O3S. The minimum atomic E-state index is -0.329. The number of hydrogen-bond acceptors (Lipinski definition) is 4. The van der Waals surface area contributed by atoms with Gasteiger partial charge >= 0.3 is 6.03 Å². The van der Waals surface area contributed by atoms with Crippen LogP contribution in [0.4, 0.5) is 10.5 Å². The fourth-order valence-electron chi connectivity index (χ4n) is 3.80. The summed E-state index contributed by atoms with van der Waals surface area (Å²) in [6.45, 7) is 1.29. The number of aliphatic hydroxyl groups excluding tert-OH is 1. The van der Waals surface area contributed by atoms with Crippen molar-refractivity contribution in [2.24, 2.45) is 5.41 Å². The quantitative estimate of drug-likeness (QED) is 0.711. The molecule has 28 heavy (non-hydrogen) atoms. The molecule has 0 aliphatic carbocycles. The van der Waals surface area contributed by atoms with Gasteiger partial charge in [0.1, 0.15) is 5.75 Å². The molecule has 1 aliphatic heterocycles. The summed E-state index contributed by atoms with van der Waals surface area (Å²) < 4.78 is 5.31. The van der Waals surface area contributed by atoms with Gasteiger partial charge in [-0.3, -0.25) is 0 Å². The Kier molecular flexibility index (Phi) is 6.86. The molecule has 150 valence electrons. The molecule has 2 amide bonds. The van der Waals surface area contributed by atoms with Crippen molar-refractivity contribution in [2.75, 3.05) is 38.4 Å². The highest BCUT2D eigenvalue weighted by Gasteiger charge is 2.37. The molecular weight excluding hydrogens is 372 g/mol. The molecule has 1 atom stereocenters. The van der Waals surface area contributed by atoms with Crippen LogP contribution in [0.15, 0.2) is 53.4 Å². The van der Waals surface area contributed by atoms with Gasteiger partial charge in [0, 0.05) is 29.1 Å². The predicted molar refractivity (Wildman–Crippen MR) is 114 cm³/mol. The molecule has 1 heterocycles. The SMILES string of the molecule is COc1cccc(CC2(CO)CCCN(C(=O)Nc3ccc(SC)cc3)C2)c1. The Morgan fingerprint density at radius 3 is 2.75 bits per heavy atom. The number of nitrogens with one attached hydrogen (secondary N) is 1. The smallest absolute Gasteiger partial charge is 0.321 e. The first kappa shape index (κ1) is 20.6. The average Bonchev–Trinajstić information content (AvgIpc) is 2.74. The number of piperidine rings is 1. The van der Waals surface area contributed by atoms with E-state index in [2.05, 4.69) is 5.32 Å².